The predicted molar refractivity (Wildman–Crippen MR) is 95.3 cm³/mol. The molecule has 2 aromatic carbocycles. The Bertz CT molecular complexity index is 536. The van der Waals surface area contributed by atoms with E-state index in [-0.39, 0.29) is 17.7 Å². The molecule has 3 heteroatoms. The monoisotopic (exact) mass is 314 g/mol. The van der Waals surface area contributed by atoms with Crippen LogP contribution in [0.25, 0.3) is 0 Å². The van der Waals surface area contributed by atoms with Crippen LogP contribution in [0.3, 0.4) is 0 Å². The zero-order valence-electron chi connectivity index (χ0n) is 13.9. The number of rotatable bonds is 5. The molecule has 0 aliphatic heterocycles. The Morgan fingerprint density at radius 1 is 0.909 bits per heavy atom. The smallest absolute Gasteiger partial charge is 0.261 e. The van der Waals surface area contributed by atoms with Crippen molar-refractivity contribution in [3.63, 3.8) is 0 Å². The van der Waals surface area contributed by atoms with Crippen molar-refractivity contribution in [3.05, 3.63) is 60.7 Å². The van der Waals surface area contributed by atoms with Gasteiger partial charge in [-0.1, -0.05) is 81.4 Å². The molecular formula is C19H26O2Si. The first-order valence-corrected chi connectivity index (χ1v) is 9.72. The number of aliphatic hydroxyl groups is 1. The largest absolute Gasteiger partial charge is 0.402 e. The van der Waals surface area contributed by atoms with Crippen molar-refractivity contribution in [2.45, 2.75) is 38.8 Å². The minimum Gasteiger partial charge on any atom is -0.402 e. The summed E-state index contributed by atoms with van der Waals surface area (Å²) in [4.78, 5) is 0. The van der Waals surface area contributed by atoms with E-state index in [2.05, 4.69) is 69.3 Å². The van der Waals surface area contributed by atoms with Gasteiger partial charge in [0.2, 0.25) is 0 Å². The Morgan fingerprint density at radius 2 is 1.32 bits per heavy atom. The van der Waals surface area contributed by atoms with Gasteiger partial charge in [-0.05, 0) is 22.3 Å². The standard InChI is InChI=1S/C19H26O2Si/c1-16(15-20)21-22(19(2,3)4,17-11-7-5-8-12-17)18-13-9-6-10-14-18/h5-14,16,20H,15H2,1-4H3/t16-/m1/s1. The maximum Gasteiger partial charge on any atom is 0.261 e. The van der Waals surface area contributed by atoms with Crippen molar-refractivity contribution in [3.8, 4) is 0 Å². The minimum atomic E-state index is -2.49. The molecule has 0 unspecified atom stereocenters. The van der Waals surface area contributed by atoms with Crippen LogP contribution in [0.5, 0.6) is 0 Å². The first-order chi connectivity index (χ1) is 10.4. The highest BCUT2D eigenvalue weighted by Crippen LogP contribution is 2.37. The summed E-state index contributed by atoms with van der Waals surface area (Å²) in [6.07, 6.45) is -0.189. The molecule has 0 aromatic heterocycles. The summed E-state index contributed by atoms with van der Waals surface area (Å²) in [5.41, 5.74) is 0. The molecule has 0 heterocycles. The van der Waals surface area contributed by atoms with Crippen LogP contribution in [0.15, 0.2) is 60.7 Å². The Balaban J connectivity index is 2.70. The lowest BCUT2D eigenvalue weighted by Crippen LogP contribution is -2.67. The third-order valence-corrected chi connectivity index (χ3v) is 9.21. The van der Waals surface area contributed by atoms with Gasteiger partial charge in [0.1, 0.15) is 0 Å². The molecule has 0 spiro atoms. The fraction of sp³-hybridized carbons (Fsp3) is 0.368. The first-order valence-electron chi connectivity index (χ1n) is 7.81. The maximum absolute atomic E-state index is 9.55. The molecule has 0 fully saturated rings. The van der Waals surface area contributed by atoms with Gasteiger partial charge in [0.25, 0.3) is 8.32 Å². The predicted octanol–water partition coefficient (Wildman–Crippen LogP) is 2.94. The Labute approximate surface area is 134 Å². The van der Waals surface area contributed by atoms with Gasteiger partial charge in [-0.3, -0.25) is 0 Å². The highest BCUT2D eigenvalue weighted by Gasteiger charge is 2.50. The molecule has 0 aliphatic rings. The van der Waals surface area contributed by atoms with Crippen molar-refractivity contribution in [1.82, 2.24) is 0 Å². The van der Waals surface area contributed by atoms with Gasteiger partial charge in [-0.2, -0.15) is 0 Å². The molecule has 2 rings (SSSR count). The molecule has 2 nitrogen and oxygen atoms in total. The lowest BCUT2D eigenvalue weighted by atomic mass is 10.2. The SMILES string of the molecule is C[C@H](CO)O[Si](c1ccccc1)(c1ccccc1)C(C)(C)C. The summed E-state index contributed by atoms with van der Waals surface area (Å²) in [5.74, 6) is 0. The topological polar surface area (TPSA) is 29.5 Å². The second-order valence-corrected chi connectivity index (χ2v) is 11.0. The van der Waals surface area contributed by atoms with Crippen molar-refractivity contribution < 1.29 is 9.53 Å². The van der Waals surface area contributed by atoms with E-state index >= 15 is 0 Å². The number of hydrogen-bond acceptors (Lipinski definition) is 2. The zero-order valence-corrected chi connectivity index (χ0v) is 14.9. The summed E-state index contributed by atoms with van der Waals surface area (Å²) in [6, 6.07) is 21.0. The number of hydrogen-bond donors (Lipinski definition) is 1. The van der Waals surface area contributed by atoms with Gasteiger partial charge in [0.15, 0.2) is 0 Å². The van der Waals surface area contributed by atoms with Crippen molar-refractivity contribution in [1.29, 1.82) is 0 Å². The van der Waals surface area contributed by atoms with Gasteiger partial charge >= 0.3 is 0 Å². The molecular weight excluding hydrogens is 288 g/mol. The Morgan fingerprint density at radius 3 is 1.64 bits per heavy atom. The van der Waals surface area contributed by atoms with Crippen LogP contribution in [-0.4, -0.2) is 26.1 Å². The molecule has 118 valence electrons. The summed E-state index contributed by atoms with van der Waals surface area (Å²) in [6.45, 7) is 8.69. The second kappa shape index (κ2) is 6.78. The number of benzene rings is 2. The normalized spacial score (nSPS) is 13.9. The summed E-state index contributed by atoms with van der Waals surface area (Å²) in [7, 11) is -2.49. The lowest BCUT2D eigenvalue weighted by molar-refractivity contribution is 0.121. The van der Waals surface area contributed by atoms with E-state index in [0.717, 1.165) is 0 Å². The summed E-state index contributed by atoms with van der Waals surface area (Å²) in [5, 5.41) is 12.0. The summed E-state index contributed by atoms with van der Waals surface area (Å²) < 4.78 is 6.61. The van der Waals surface area contributed by atoms with Crippen LogP contribution in [-0.2, 0) is 4.43 Å². The lowest BCUT2D eigenvalue weighted by Gasteiger charge is -2.44. The third-order valence-electron chi connectivity index (χ3n) is 4.05. The fourth-order valence-electron chi connectivity index (χ4n) is 3.03. The molecule has 0 radical (unpaired) electrons. The maximum atomic E-state index is 9.55. The molecule has 0 bridgehead atoms. The number of aliphatic hydroxyl groups excluding tert-OH is 1. The van der Waals surface area contributed by atoms with Crippen LogP contribution in [0.1, 0.15) is 27.7 Å². The van der Waals surface area contributed by atoms with Gasteiger partial charge < -0.3 is 9.53 Å². The van der Waals surface area contributed by atoms with Crippen LogP contribution in [0.4, 0.5) is 0 Å². The average molecular weight is 315 g/mol. The Hall–Kier alpha value is -1.42. The average Bonchev–Trinajstić information content (AvgIpc) is 2.52. The molecule has 22 heavy (non-hydrogen) atoms. The minimum absolute atomic E-state index is 0.0322. The van der Waals surface area contributed by atoms with Gasteiger partial charge in [0.05, 0.1) is 12.7 Å². The van der Waals surface area contributed by atoms with Gasteiger partial charge in [-0.25, -0.2) is 0 Å². The van der Waals surface area contributed by atoms with E-state index in [9.17, 15) is 5.11 Å². The van der Waals surface area contributed by atoms with Crippen molar-refractivity contribution >= 4 is 18.7 Å². The van der Waals surface area contributed by atoms with E-state index < -0.39 is 8.32 Å². The second-order valence-electron chi connectivity index (χ2n) is 6.77. The van der Waals surface area contributed by atoms with Gasteiger partial charge in [0, 0.05) is 0 Å². The molecule has 1 N–H and O–H groups in total. The van der Waals surface area contributed by atoms with E-state index in [0.29, 0.717) is 0 Å². The first kappa shape index (κ1) is 16.9. The molecule has 0 saturated carbocycles. The molecule has 0 amide bonds. The van der Waals surface area contributed by atoms with Crippen molar-refractivity contribution in [2.24, 2.45) is 0 Å². The van der Waals surface area contributed by atoms with Crippen LogP contribution < -0.4 is 10.4 Å². The van der Waals surface area contributed by atoms with E-state index in [1.165, 1.54) is 10.4 Å². The highest BCUT2D eigenvalue weighted by atomic mass is 28.4. The molecule has 1 atom stereocenters. The van der Waals surface area contributed by atoms with E-state index in [1.807, 2.05) is 19.1 Å². The molecule has 2 aromatic rings. The van der Waals surface area contributed by atoms with E-state index in [4.69, 9.17) is 4.43 Å². The molecule has 0 saturated heterocycles. The third kappa shape index (κ3) is 3.17. The van der Waals surface area contributed by atoms with E-state index in [1.54, 1.807) is 0 Å². The molecule has 0 aliphatic carbocycles. The quantitative estimate of drug-likeness (QED) is 0.860. The fourth-order valence-corrected chi connectivity index (χ4v) is 7.72. The van der Waals surface area contributed by atoms with Crippen LogP contribution in [0, 0.1) is 0 Å². The van der Waals surface area contributed by atoms with Gasteiger partial charge in [-0.15, -0.1) is 0 Å². The zero-order chi connectivity index (χ0) is 16.2. The van der Waals surface area contributed by atoms with Crippen LogP contribution >= 0.6 is 0 Å². The highest BCUT2D eigenvalue weighted by molar-refractivity contribution is 6.99. The van der Waals surface area contributed by atoms with Crippen molar-refractivity contribution in [2.75, 3.05) is 6.61 Å². The van der Waals surface area contributed by atoms with Crippen LogP contribution in [0.2, 0.25) is 5.04 Å². The summed E-state index contributed by atoms with van der Waals surface area (Å²) >= 11 is 0. The Kier molecular flexibility index (Phi) is 5.22.